The Morgan fingerprint density at radius 2 is 0.677 bits per heavy atom. The zero-order chi connectivity index (χ0) is 20.6. The SMILES string of the molecule is c1ccc(Nc2ccc3c(c2)-c2ccccc2-c2ccccc2-c2ccccc2-3)cc1. The van der Waals surface area contributed by atoms with Crippen LogP contribution in [0.3, 0.4) is 0 Å². The number of hydrogen-bond acceptors (Lipinski definition) is 1. The molecule has 1 aliphatic rings. The van der Waals surface area contributed by atoms with E-state index >= 15 is 0 Å². The predicted octanol–water partition coefficient (Wildman–Crippen LogP) is 8.41. The first-order chi connectivity index (χ1) is 15.4. The van der Waals surface area contributed by atoms with Crippen molar-refractivity contribution in [1.82, 2.24) is 0 Å². The maximum absolute atomic E-state index is 3.56. The maximum Gasteiger partial charge on any atom is 0.0390 e. The van der Waals surface area contributed by atoms with Crippen molar-refractivity contribution in [3.8, 4) is 44.5 Å². The average molecular weight is 396 g/mol. The Hall–Kier alpha value is -4.10. The van der Waals surface area contributed by atoms with Crippen LogP contribution in [0.2, 0.25) is 0 Å². The van der Waals surface area contributed by atoms with Gasteiger partial charge in [0, 0.05) is 11.4 Å². The van der Waals surface area contributed by atoms with E-state index in [-0.39, 0.29) is 0 Å². The van der Waals surface area contributed by atoms with Gasteiger partial charge in [-0.15, -0.1) is 0 Å². The van der Waals surface area contributed by atoms with Crippen LogP contribution in [0.1, 0.15) is 0 Å². The van der Waals surface area contributed by atoms with E-state index in [9.17, 15) is 0 Å². The Morgan fingerprint density at radius 1 is 0.290 bits per heavy atom. The molecule has 0 aliphatic heterocycles. The molecule has 6 rings (SSSR count). The summed E-state index contributed by atoms with van der Waals surface area (Å²) in [6, 6.07) is 43.3. The first kappa shape index (κ1) is 17.7. The van der Waals surface area contributed by atoms with E-state index in [1.165, 1.54) is 44.5 Å². The van der Waals surface area contributed by atoms with Crippen molar-refractivity contribution in [1.29, 1.82) is 0 Å². The van der Waals surface area contributed by atoms with Crippen molar-refractivity contribution in [2.24, 2.45) is 0 Å². The smallest absolute Gasteiger partial charge is 0.0390 e. The number of nitrogens with one attached hydrogen (secondary N) is 1. The van der Waals surface area contributed by atoms with Crippen LogP contribution in [0, 0.1) is 0 Å². The Bertz CT molecular complexity index is 1390. The number of rotatable bonds is 2. The lowest BCUT2D eigenvalue weighted by atomic mass is 9.81. The molecule has 5 aromatic rings. The summed E-state index contributed by atoms with van der Waals surface area (Å²) < 4.78 is 0. The minimum Gasteiger partial charge on any atom is -0.356 e. The van der Waals surface area contributed by atoms with Gasteiger partial charge in [-0.2, -0.15) is 0 Å². The second-order valence-corrected chi connectivity index (χ2v) is 7.89. The lowest BCUT2D eigenvalue weighted by Crippen LogP contribution is -1.98. The quantitative estimate of drug-likeness (QED) is 0.310. The Kier molecular flexibility index (Phi) is 4.18. The third-order valence-electron chi connectivity index (χ3n) is 6.02. The van der Waals surface area contributed by atoms with E-state index in [2.05, 4.69) is 121 Å². The minimum atomic E-state index is 1.09. The summed E-state index contributed by atoms with van der Waals surface area (Å²) in [5.74, 6) is 0. The van der Waals surface area contributed by atoms with Crippen LogP contribution in [0.15, 0.2) is 121 Å². The van der Waals surface area contributed by atoms with Gasteiger partial charge in [-0.3, -0.25) is 0 Å². The fourth-order valence-electron chi connectivity index (χ4n) is 4.63. The molecule has 1 aliphatic carbocycles. The number of benzene rings is 5. The molecule has 0 spiro atoms. The molecule has 0 radical (unpaired) electrons. The highest BCUT2D eigenvalue weighted by Gasteiger charge is 2.21. The van der Waals surface area contributed by atoms with Gasteiger partial charge in [-0.25, -0.2) is 0 Å². The van der Waals surface area contributed by atoms with Crippen molar-refractivity contribution in [2.45, 2.75) is 0 Å². The molecule has 0 bridgehead atoms. The Balaban J connectivity index is 1.64. The van der Waals surface area contributed by atoms with Gasteiger partial charge >= 0.3 is 0 Å². The van der Waals surface area contributed by atoms with Crippen molar-refractivity contribution in [3.63, 3.8) is 0 Å². The second kappa shape index (κ2) is 7.30. The summed E-state index contributed by atoms with van der Waals surface area (Å²) in [5, 5.41) is 3.56. The summed E-state index contributed by atoms with van der Waals surface area (Å²) in [6.45, 7) is 0. The van der Waals surface area contributed by atoms with Gasteiger partial charge in [0.25, 0.3) is 0 Å². The largest absolute Gasteiger partial charge is 0.356 e. The molecule has 0 aromatic heterocycles. The normalized spacial score (nSPS) is 11.2. The summed E-state index contributed by atoms with van der Waals surface area (Å²) in [7, 11) is 0. The van der Waals surface area contributed by atoms with Crippen LogP contribution < -0.4 is 5.32 Å². The lowest BCUT2D eigenvalue weighted by molar-refractivity contribution is 1.50. The Morgan fingerprint density at radius 3 is 1.16 bits per heavy atom. The highest BCUT2D eigenvalue weighted by Crippen LogP contribution is 2.48. The summed E-state index contributed by atoms with van der Waals surface area (Å²) in [5.41, 5.74) is 12.3. The van der Waals surface area contributed by atoms with Crippen LogP contribution >= 0.6 is 0 Å². The molecule has 0 amide bonds. The molecule has 0 atom stereocenters. The van der Waals surface area contributed by atoms with E-state index in [4.69, 9.17) is 0 Å². The molecule has 31 heavy (non-hydrogen) atoms. The molecular weight excluding hydrogens is 374 g/mol. The molecule has 1 heteroatoms. The highest BCUT2D eigenvalue weighted by molar-refractivity contribution is 6.03. The molecular formula is C30H21N. The summed E-state index contributed by atoms with van der Waals surface area (Å²) in [4.78, 5) is 0. The number of para-hydroxylation sites is 1. The molecule has 146 valence electrons. The number of fused-ring (bicyclic) bond motifs is 8. The molecule has 0 heterocycles. The van der Waals surface area contributed by atoms with Crippen molar-refractivity contribution in [3.05, 3.63) is 121 Å². The third-order valence-corrected chi connectivity index (χ3v) is 6.02. The molecule has 0 unspecified atom stereocenters. The molecule has 1 N–H and O–H groups in total. The van der Waals surface area contributed by atoms with Gasteiger partial charge in [0.15, 0.2) is 0 Å². The standard InChI is InChI=1S/C30H21N/c1-2-10-21(11-3-1)31-22-18-19-29-27-16-7-6-14-25(27)23-12-4-5-13-24(23)26-15-8-9-17-28(26)30(29)20-22/h1-20,31H. The van der Waals surface area contributed by atoms with Crippen LogP contribution in [0.4, 0.5) is 11.4 Å². The number of hydrogen-bond donors (Lipinski definition) is 1. The van der Waals surface area contributed by atoms with Crippen LogP contribution in [0.25, 0.3) is 44.5 Å². The molecule has 5 aromatic carbocycles. The van der Waals surface area contributed by atoms with E-state index in [0.717, 1.165) is 11.4 Å². The summed E-state index contributed by atoms with van der Waals surface area (Å²) >= 11 is 0. The Labute approximate surface area is 182 Å². The molecule has 1 nitrogen and oxygen atoms in total. The highest BCUT2D eigenvalue weighted by atomic mass is 14.9. The van der Waals surface area contributed by atoms with E-state index < -0.39 is 0 Å². The van der Waals surface area contributed by atoms with E-state index in [1.807, 2.05) is 6.07 Å². The molecule has 0 saturated carbocycles. The topological polar surface area (TPSA) is 12.0 Å². The van der Waals surface area contributed by atoms with E-state index in [1.54, 1.807) is 0 Å². The average Bonchev–Trinajstić information content (AvgIpc) is 2.84. The predicted molar refractivity (Wildman–Crippen MR) is 131 cm³/mol. The fraction of sp³-hybridized carbons (Fsp3) is 0. The van der Waals surface area contributed by atoms with Crippen molar-refractivity contribution in [2.75, 3.05) is 5.32 Å². The molecule has 0 fully saturated rings. The van der Waals surface area contributed by atoms with Gasteiger partial charge < -0.3 is 5.32 Å². The molecule has 0 saturated heterocycles. The van der Waals surface area contributed by atoms with Gasteiger partial charge in [0.1, 0.15) is 0 Å². The first-order valence-corrected chi connectivity index (χ1v) is 10.6. The van der Waals surface area contributed by atoms with Gasteiger partial charge in [0.2, 0.25) is 0 Å². The van der Waals surface area contributed by atoms with Crippen LogP contribution in [0.5, 0.6) is 0 Å². The van der Waals surface area contributed by atoms with E-state index in [0.29, 0.717) is 0 Å². The van der Waals surface area contributed by atoms with Crippen LogP contribution in [-0.2, 0) is 0 Å². The monoisotopic (exact) mass is 395 g/mol. The van der Waals surface area contributed by atoms with Gasteiger partial charge in [0.05, 0.1) is 0 Å². The minimum absolute atomic E-state index is 1.09. The second-order valence-electron chi connectivity index (χ2n) is 7.89. The lowest BCUT2D eigenvalue weighted by Gasteiger charge is -2.23. The zero-order valence-electron chi connectivity index (χ0n) is 17.0. The van der Waals surface area contributed by atoms with Crippen molar-refractivity contribution < 1.29 is 0 Å². The zero-order valence-corrected chi connectivity index (χ0v) is 17.0. The third kappa shape index (κ3) is 3.03. The fourth-order valence-corrected chi connectivity index (χ4v) is 4.63. The number of anilines is 2. The van der Waals surface area contributed by atoms with Crippen LogP contribution in [-0.4, -0.2) is 0 Å². The first-order valence-electron chi connectivity index (χ1n) is 10.6. The van der Waals surface area contributed by atoms with Gasteiger partial charge in [-0.1, -0.05) is 97.1 Å². The summed E-state index contributed by atoms with van der Waals surface area (Å²) in [6.07, 6.45) is 0. The maximum atomic E-state index is 3.56. The van der Waals surface area contributed by atoms with Gasteiger partial charge in [-0.05, 0) is 68.8 Å². The van der Waals surface area contributed by atoms with Crippen molar-refractivity contribution >= 4 is 11.4 Å².